The van der Waals surface area contributed by atoms with Crippen molar-refractivity contribution >= 4 is 29.4 Å². The van der Waals surface area contributed by atoms with Gasteiger partial charge in [0, 0.05) is 11.3 Å². The molecule has 0 fully saturated rings. The Morgan fingerprint density at radius 1 is 1.41 bits per heavy atom. The molecule has 116 valence electrons. The van der Waals surface area contributed by atoms with Crippen molar-refractivity contribution in [1.82, 2.24) is 10.3 Å². The van der Waals surface area contributed by atoms with Gasteiger partial charge in [0.05, 0.1) is 5.71 Å². The third-order valence-corrected chi connectivity index (χ3v) is 4.67. The number of pyridine rings is 1. The molecule has 2 amide bonds. The summed E-state index contributed by atoms with van der Waals surface area (Å²) in [6.45, 7) is 5.83. The number of aliphatic imine (C=N–C) groups is 1. The van der Waals surface area contributed by atoms with Crippen LogP contribution in [0, 0.1) is 6.92 Å². The van der Waals surface area contributed by atoms with Crippen molar-refractivity contribution in [3.05, 3.63) is 32.2 Å². The smallest absolute Gasteiger partial charge is 0.341 e. The largest absolute Gasteiger partial charge is 0.487 e. The zero-order chi connectivity index (χ0) is 16.1. The number of aryl methyl sites for hydroxylation is 1. The number of carbonyl (C=O) groups excluding carboxylic acids is 1. The zero-order valence-electron chi connectivity index (χ0n) is 12.5. The molecule has 3 heterocycles. The maximum atomic E-state index is 11.7. The predicted octanol–water partition coefficient (Wildman–Crippen LogP) is 2.45. The van der Waals surface area contributed by atoms with Gasteiger partial charge in [-0.2, -0.15) is 0 Å². The molecule has 0 radical (unpaired) electrons. The molecule has 2 N–H and O–H groups in total. The number of nitrogens with zero attached hydrogens (tertiary/aromatic N) is 1. The number of urea groups is 1. The Kier molecular flexibility index (Phi) is 3.36. The molecule has 0 bridgehead atoms. The molecule has 0 aliphatic carbocycles. The summed E-state index contributed by atoms with van der Waals surface area (Å²) in [6, 6.07) is -0.345. The number of ether oxygens (including phenoxy) is 1. The van der Waals surface area contributed by atoms with Crippen LogP contribution in [0.15, 0.2) is 15.4 Å². The van der Waals surface area contributed by atoms with E-state index < -0.39 is 5.54 Å². The molecule has 22 heavy (non-hydrogen) atoms. The molecular weight excluding hydrogens is 306 g/mol. The molecule has 0 saturated carbocycles. The molecule has 6 nitrogen and oxygen atoms in total. The van der Waals surface area contributed by atoms with Gasteiger partial charge in [-0.25, -0.2) is 9.79 Å². The van der Waals surface area contributed by atoms with Crippen molar-refractivity contribution in [3.8, 4) is 5.75 Å². The Morgan fingerprint density at radius 2 is 2.14 bits per heavy atom. The van der Waals surface area contributed by atoms with Gasteiger partial charge >= 0.3 is 6.03 Å². The monoisotopic (exact) mass is 321 g/mol. The number of amides is 2. The lowest BCUT2D eigenvalue weighted by Crippen LogP contribution is -2.50. The molecule has 1 aromatic heterocycles. The number of carbonyl (C=O) groups is 1. The van der Waals surface area contributed by atoms with E-state index in [0.29, 0.717) is 23.6 Å². The average molecular weight is 322 g/mol. The lowest BCUT2D eigenvalue weighted by Gasteiger charge is -2.34. The molecule has 2 aliphatic rings. The van der Waals surface area contributed by atoms with E-state index in [1.165, 1.54) is 0 Å². The van der Waals surface area contributed by atoms with E-state index in [2.05, 4.69) is 15.3 Å². The van der Waals surface area contributed by atoms with Gasteiger partial charge in [-0.3, -0.25) is 4.79 Å². The fraction of sp³-hybridized carbons (Fsp3) is 0.400. The van der Waals surface area contributed by atoms with Gasteiger partial charge < -0.3 is 15.0 Å². The summed E-state index contributed by atoms with van der Waals surface area (Å²) in [7, 11) is 0. The van der Waals surface area contributed by atoms with Crippen molar-refractivity contribution in [1.29, 1.82) is 0 Å². The molecule has 0 aromatic carbocycles. The molecule has 1 unspecified atom stereocenters. The number of halogens is 1. The Hall–Kier alpha value is -2.08. The van der Waals surface area contributed by atoms with Crippen LogP contribution in [0.25, 0.3) is 6.08 Å². The molecule has 7 heteroatoms. The van der Waals surface area contributed by atoms with Crippen LogP contribution in [-0.2, 0) is 0 Å². The third kappa shape index (κ3) is 1.98. The maximum Gasteiger partial charge on any atom is 0.341 e. The van der Waals surface area contributed by atoms with Gasteiger partial charge in [0.25, 0.3) is 5.56 Å². The molecule has 2 aliphatic heterocycles. The number of hydrogen-bond donors (Lipinski definition) is 2. The summed E-state index contributed by atoms with van der Waals surface area (Å²) in [5, 5.41) is 2.96. The molecule has 1 aromatic rings. The Labute approximate surface area is 132 Å². The standard InChI is InChI=1S/C15H16ClN3O3/c1-4-15(8(3)18-14(21)19-15)9-5-10-7(2)17-13(20)11(16)12(10)22-6-9/h5H,4,6H2,1-3H3,(H,17,20)(H,19,21). The van der Waals surface area contributed by atoms with E-state index >= 15 is 0 Å². The van der Waals surface area contributed by atoms with E-state index in [1.54, 1.807) is 6.92 Å². The minimum absolute atomic E-state index is 0.0438. The van der Waals surface area contributed by atoms with E-state index in [1.807, 2.05) is 19.9 Å². The minimum atomic E-state index is -0.635. The lowest BCUT2D eigenvalue weighted by atomic mass is 9.82. The molecule has 0 spiro atoms. The lowest BCUT2D eigenvalue weighted by molar-refractivity contribution is 0.245. The van der Waals surface area contributed by atoms with Gasteiger partial charge in [0.2, 0.25) is 0 Å². The van der Waals surface area contributed by atoms with Crippen LogP contribution >= 0.6 is 11.6 Å². The second kappa shape index (κ2) is 4.98. The number of nitrogens with one attached hydrogen (secondary N) is 2. The Bertz CT molecular complexity index is 794. The summed E-state index contributed by atoms with van der Waals surface area (Å²) in [4.78, 5) is 30.0. The van der Waals surface area contributed by atoms with Crippen molar-refractivity contribution in [2.24, 2.45) is 4.99 Å². The van der Waals surface area contributed by atoms with Crippen LogP contribution in [0.3, 0.4) is 0 Å². The number of fused-ring (bicyclic) bond motifs is 1. The van der Waals surface area contributed by atoms with E-state index in [-0.39, 0.29) is 23.2 Å². The van der Waals surface area contributed by atoms with Gasteiger partial charge in [0.15, 0.2) is 5.75 Å². The number of rotatable bonds is 2. The fourth-order valence-electron chi connectivity index (χ4n) is 3.04. The zero-order valence-corrected chi connectivity index (χ0v) is 13.3. The maximum absolute atomic E-state index is 11.7. The first-order valence-electron chi connectivity index (χ1n) is 7.03. The third-order valence-electron chi connectivity index (χ3n) is 4.32. The highest BCUT2D eigenvalue weighted by molar-refractivity contribution is 6.32. The highest BCUT2D eigenvalue weighted by Gasteiger charge is 2.43. The van der Waals surface area contributed by atoms with Crippen LogP contribution in [-0.4, -0.2) is 28.9 Å². The number of hydrogen-bond acceptors (Lipinski definition) is 3. The predicted molar refractivity (Wildman–Crippen MR) is 84.9 cm³/mol. The van der Waals surface area contributed by atoms with Crippen molar-refractivity contribution in [2.75, 3.05) is 6.61 Å². The van der Waals surface area contributed by atoms with E-state index in [0.717, 1.165) is 11.1 Å². The van der Waals surface area contributed by atoms with E-state index in [9.17, 15) is 9.59 Å². The number of H-pyrrole nitrogens is 1. The van der Waals surface area contributed by atoms with Gasteiger partial charge in [-0.05, 0) is 31.9 Å². The van der Waals surface area contributed by atoms with Crippen molar-refractivity contribution in [2.45, 2.75) is 32.7 Å². The summed E-state index contributed by atoms with van der Waals surface area (Å²) >= 11 is 6.02. The summed E-state index contributed by atoms with van der Waals surface area (Å²) < 4.78 is 5.72. The second-order valence-electron chi connectivity index (χ2n) is 5.48. The first-order chi connectivity index (χ1) is 10.4. The van der Waals surface area contributed by atoms with Crippen molar-refractivity contribution < 1.29 is 9.53 Å². The van der Waals surface area contributed by atoms with Gasteiger partial charge in [-0.15, -0.1) is 0 Å². The number of aromatic amines is 1. The molecule has 0 saturated heterocycles. The summed E-state index contributed by atoms with van der Waals surface area (Å²) in [6.07, 6.45) is 2.58. The second-order valence-corrected chi connectivity index (χ2v) is 5.86. The van der Waals surface area contributed by atoms with Gasteiger partial charge in [0.1, 0.15) is 17.2 Å². The molecule has 1 atom stereocenters. The topological polar surface area (TPSA) is 83.5 Å². The van der Waals surface area contributed by atoms with E-state index in [4.69, 9.17) is 16.3 Å². The van der Waals surface area contributed by atoms with Crippen LogP contribution < -0.4 is 15.6 Å². The normalized spacial score (nSPS) is 23.4. The van der Waals surface area contributed by atoms with Crippen LogP contribution in [0.1, 0.15) is 31.5 Å². The minimum Gasteiger partial charge on any atom is -0.487 e. The average Bonchev–Trinajstić information content (AvgIpc) is 2.79. The van der Waals surface area contributed by atoms with Gasteiger partial charge in [-0.1, -0.05) is 18.5 Å². The highest BCUT2D eigenvalue weighted by Crippen LogP contribution is 2.38. The Morgan fingerprint density at radius 3 is 2.73 bits per heavy atom. The van der Waals surface area contributed by atoms with Crippen molar-refractivity contribution in [3.63, 3.8) is 0 Å². The first-order valence-corrected chi connectivity index (χ1v) is 7.41. The molecular formula is C15H16ClN3O3. The van der Waals surface area contributed by atoms with Crippen LogP contribution in [0.5, 0.6) is 5.75 Å². The first kappa shape index (κ1) is 14.8. The molecule has 3 rings (SSSR count). The van der Waals surface area contributed by atoms with Crippen LogP contribution in [0.4, 0.5) is 4.79 Å². The SMILES string of the molecule is CCC1(C2=Cc3c(C)[nH]c(=O)c(Cl)c3OC2)NC(=O)N=C1C. The fourth-order valence-corrected chi connectivity index (χ4v) is 3.25. The Balaban J connectivity index is 2.16. The summed E-state index contributed by atoms with van der Waals surface area (Å²) in [5.41, 5.74) is 2.00. The summed E-state index contributed by atoms with van der Waals surface area (Å²) in [5.74, 6) is 0.386. The van der Waals surface area contributed by atoms with Crippen LogP contribution in [0.2, 0.25) is 5.02 Å². The quantitative estimate of drug-likeness (QED) is 0.877. The number of aromatic nitrogens is 1. The highest BCUT2D eigenvalue weighted by atomic mass is 35.5.